The van der Waals surface area contributed by atoms with Gasteiger partial charge in [-0.05, 0) is 18.9 Å². The van der Waals surface area contributed by atoms with E-state index in [0.29, 0.717) is 18.4 Å². The molecule has 12 heavy (non-hydrogen) atoms. The van der Waals surface area contributed by atoms with E-state index in [-0.39, 0.29) is 5.91 Å². The first-order valence-corrected chi connectivity index (χ1v) is 4.74. The summed E-state index contributed by atoms with van der Waals surface area (Å²) in [6.45, 7) is 5.94. The van der Waals surface area contributed by atoms with Crippen molar-refractivity contribution in [3.05, 3.63) is 0 Å². The first-order valence-electron chi connectivity index (χ1n) is 4.74. The molecule has 0 spiro atoms. The predicted octanol–water partition coefficient (Wildman–Crippen LogP) is 0.511. The summed E-state index contributed by atoms with van der Waals surface area (Å²) in [5.74, 6) is 0.887. The van der Waals surface area contributed by atoms with Gasteiger partial charge in [0.05, 0.1) is 0 Å². The monoisotopic (exact) mass is 170 g/mol. The highest BCUT2D eigenvalue weighted by Gasteiger charge is 2.33. The van der Waals surface area contributed by atoms with Gasteiger partial charge in [-0.2, -0.15) is 0 Å². The van der Waals surface area contributed by atoms with Crippen LogP contribution in [0, 0.1) is 5.92 Å². The largest absolute Gasteiger partial charge is 0.353 e. The molecule has 3 heteroatoms. The van der Waals surface area contributed by atoms with Crippen LogP contribution >= 0.6 is 0 Å². The van der Waals surface area contributed by atoms with Gasteiger partial charge in [0.1, 0.15) is 0 Å². The Hall–Kier alpha value is -0.570. The molecule has 2 N–H and O–H groups in total. The van der Waals surface area contributed by atoms with Gasteiger partial charge in [-0.1, -0.05) is 13.8 Å². The molecule has 2 unspecified atom stereocenters. The van der Waals surface area contributed by atoms with Crippen LogP contribution in [0.3, 0.4) is 0 Å². The molecule has 3 nitrogen and oxygen atoms in total. The number of hydrogen-bond donors (Lipinski definition) is 2. The molecule has 2 atom stereocenters. The van der Waals surface area contributed by atoms with Gasteiger partial charge >= 0.3 is 0 Å². The lowest BCUT2D eigenvalue weighted by atomic mass is 10.4. The fraction of sp³-hybridized carbons (Fsp3) is 0.889. The second-order valence-corrected chi connectivity index (χ2v) is 3.49. The molecule has 0 radical (unpaired) electrons. The van der Waals surface area contributed by atoms with Crippen LogP contribution < -0.4 is 10.6 Å². The third kappa shape index (κ3) is 3.22. The maximum absolute atomic E-state index is 11.2. The van der Waals surface area contributed by atoms with E-state index in [1.807, 2.05) is 6.92 Å². The minimum Gasteiger partial charge on any atom is -0.353 e. The van der Waals surface area contributed by atoms with Crippen LogP contribution in [-0.2, 0) is 4.79 Å². The maximum atomic E-state index is 11.2. The fourth-order valence-electron chi connectivity index (χ4n) is 1.18. The first kappa shape index (κ1) is 9.52. The van der Waals surface area contributed by atoms with Crippen molar-refractivity contribution in [2.75, 3.05) is 13.1 Å². The van der Waals surface area contributed by atoms with Gasteiger partial charge in [0.15, 0.2) is 0 Å². The Bertz CT molecular complexity index is 159. The molecular weight excluding hydrogens is 152 g/mol. The second-order valence-electron chi connectivity index (χ2n) is 3.49. The number of carbonyl (C=O) groups excluding carboxylic acids is 1. The quantitative estimate of drug-likeness (QED) is 0.590. The van der Waals surface area contributed by atoms with Gasteiger partial charge < -0.3 is 10.6 Å². The lowest BCUT2D eigenvalue weighted by molar-refractivity contribution is -0.121. The molecule has 1 fully saturated rings. The topological polar surface area (TPSA) is 41.1 Å². The van der Waals surface area contributed by atoms with E-state index in [2.05, 4.69) is 17.6 Å². The normalized spacial score (nSPS) is 26.8. The molecule has 0 saturated heterocycles. The Balaban J connectivity index is 1.97. The van der Waals surface area contributed by atoms with Crippen LogP contribution in [0.5, 0.6) is 0 Å². The molecule has 1 saturated carbocycles. The third-order valence-corrected chi connectivity index (χ3v) is 2.23. The molecule has 0 heterocycles. The Kier molecular flexibility index (Phi) is 3.53. The van der Waals surface area contributed by atoms with Crippen molar-refractivity contribution >= 4 is 5.91 Å². The summed E-state index contributed by atoms with van der Waals surface area (Å²) in [6.07, 6.45) is 1.77. The Morgan fingerprint density at radius 1 is 1.58 bits per heavy atom. The summed E-state index contributed by atoms with van der Waals surface area (Å²) in [5.41, 5.74) is 0. The number of nitrogens with one attached hydrogen (secondary N) is 2. The van der Waals surface area contributed by atoms with Crippen molar-refractivity contribution in [3.8, 4) is 0 Å². The second kappa shape index (κ2) is 4.45. The Morgan fingerprint density at radius 2 is 2.25 bits per heavy atom. The first-order chi connectivity index (χ1) is 5.74. The smallest absolute Gasteiger partial charge is 0.221 e. The van der Waals surface area contributed by atoms with Gasteiger partial charge in [-0.25, -0.2) is 0 Å². The standard InChI is InChI=1S/C9H18N2O/c1-3-10-5-4-9(12)11-8-6-7(8)2/h7-8,10H,3-6H2,1-2H3,(H,11,12). The van der Waals surface area contributed by atoms with Crippen molar-refractivity contribution in [1.29, 1.82) is 0 Å². The van der Waals surface area contributed by atoms with E-state index >= 15 is 0 Å². The minimum atomic E-state index is 0.185. The van der Waals surface area contributed by atoms with Gasteiger partial charge in [0.2, 0.25) is 5.91 Å². The molecule has 1 amide bonds. The highest BCUT2D eigenvalue weighted by Crippen LogP contribution is 2.28. The average molecular weight is 170 g/mol. The number of hydrogen-bond acceptors (Lipinski definition) is 2. The average Bonchev–Trinajstić information content (AvgIpc) is 2.67. The molecule has 0 aliphatic heterocycles. The van der Waals surface area contributed by atoms with Gasteiger partial charge in [-0.15, -0.1) is 0 Å². The zero-order chi connectivity index (χ0) is 8.97. The van der Waals surface area contributed by atoms with Crippen molar-refractivity contribution in [1.82, 2.24) is 10.6 Å². The van der Waals surface area contributed by atoms with Gasteiger partial charge in [0.25, 0.3) is 0 Å². The summed E-state index contributed by atoms with van der Waals surface area (Å²) in [6, 6.07) is 0.471. The summed E-state index contributed by atoms with van der Waals surface area (Å²) in [7, 11) is 0. The minimum absolute atomic E-state index is 0.185. The molecule has 70 valence electrons. The molecule has 1 rings (SSSR count). The van der Waals surface area contributed by atoms with E-state index in [1.165, 1.54) is 0 Å². The van der Waals surface area contributed by atoms with Crippen molar-refractivity contribution in [3.63, 3.8) is 0 Å². The number of carbonyl (C=O) groups is 1. The summed E-state index contributed by atoms with van der Waals surface area (Å²) in [4.78, 5) is 11.2. The number of rotatable bonds is 5. The molecule has 1 aliphatic rings. The van der Waals surface area contributed by atoms with E-state index in [0.717, 1.165) is 19.5 Å². The molecule has 0 aromatic heterocycles. The van der Waals surface area contributed by atoms with Crippen molar-refractivity contribution < 1.29 is 4.79 Å². The Morgan fingerprint density at radius 3 is 2.75 bits per heavy atom. The van der Waals surface area contributed by atoms with Crippen LogP contribution in [0.1, 0.15) is 26.7 Å². The lowest BCUT2D eigenvalue weighted by Crippen LogP contribution is -2.29. The van der Waals surface area contributed by atoms with E-state index in [9.17, 15) is 4.79 Å². The third-order valence-electron chi connectivity index (χ3n) is 2.23. The van der Waals surface area contributed by atoms with Crippen LogP contribution in [0.2, 0.25) is 0 Å². The van der Waals surface area contributed by atoms with Gasteiger partial charge in [0, 0.05) is 19.0 Å². The molecular formula is C9H18N2O. The zero-order valence-electron chi connectivity index (χ0n) is 7.89. The summed E-state index contributed by atoms with van der Waals surface area (Å²) in [5, 5.41) is 6.11. The van der Waals surface area contributed by atoms with Crippen molar-refractivity contribution in [2.24, 2.45) is 5.92 Å². The predicted molar refractivity (Wildman–Crippen MR) is 48.9 cm³/mol. The van der Waals surface area contributed by atoms with Crippen LogP contribution in [0.15, 0.2) is 0 Å². The lowest BCUT2D eigenvalue weighted by Gasteiger charge is -2.03. The highest BCUT2D eigenvalue weighted by atomic mass is 16.1. The zero-order valence-corrected chi connectivity index (χ0v) is 7.89. The van der Waals surface area contributed by atoms with Crippen LogP contribution in [-0.4, -0.2) is 25.0 Å². The van der Waals surface area contributed by atoms with E-state index < -0.39 is 0 Å². The molecule has 0 aromatic rings. The van der Waals surface area contributed by atoms with Crippen LogP contribution in [0.25, 0.3) is 0 Å². The molecule has 0 aromatic carbocycles. The SMILES string of the molecule is CCNCCC(=O)NC1CC1C. The van der Waals surface area contributed by atoms with E-state index in [1.54, 1.807) is 0 Å². The fourth-order valence-corrected chi connectivity index (χ4v) is 1.18. The van der Waals surface area contributed by atoms with Gasteiger partial charge in [-0.3, -0.25) is 4.79 Å². The summed E-state index contributed by atoms with van der Waals surface area (Å²) >= 11 is 0. The summed E-state index contributed by atoms with van der Waals surface area (Å²) < 4.78 is 0. The van der Waals surface area contributed by atoms with E-state index in [4.69, 9.17) is 0 Å². The number of amides is 1. The highest BCUT2D eigenvalue weighted by molar-refractivity contribution is 5.76. The molecule has 0 bridgehead atoms. The maximum Gasteiger partial charge on any atom is 0.221 e. The van der Waals surface area contributed by atoms with Crippen molar-refractivity contribution in [2.45, 2.75) is 32.7 Å². The van der Waals surface area contributed by atoms with Crippen LogP contribution in [0.4, 0.5) is 0 Å². The Labute approximate surface area is 73.9 Å². The molecule has 1 aliphatic carbocycles.